The quantitative estimate of drug-likeness (QED) is 0.390. The van der Waals surface area contributed by atoms with Crippen LogP contribution in [-0.4, -0.2) is 68.3 Å². The van der Waals surface area contributed by atoms with Gasteiger partial charge in [-0.05, 0) is 35.7 Å². The lowest BCUT2D eigenvalue weighted by molar-refractivity contribution is 0.176. The third-order valence-electron chi connectivity index (χ3n) is 6.16. The molecule has 0 aliphatic carbocycles. The van der Waals surface area contributed by atoms with E-state index in [1.54, 1.807) is 27.3 Å². The van der Waals surface area contributed by atoms with Crippen LogP contribution in [0.4, 0.5) is 0 Å². The molecule has 6 rings (SSSR count). The van der Waals surface area contributed by atoms with Gasteiger partial charge in [-0.2, -0.15) is 15.6 Å². The van der Waals surface area contributed by atoms with Gasteiger partial charge in [-0.1, -0.05) is 12.1 Å². The number of nitrogens with one attached hydrogen (secondary N) is 1. The molecule has 0 spiro atoms. The highest BCUT2D eigenvalue weighted by atomic mass is 32.2. The van der Waals surface area contributed by atoms with Crippen molar-refractivity contribution in [1.82, 2.24) is 33.7 Å². The summed E-state index contributed by atoms with van der Waals surface area (Å²) in [5.41, 5.74) is 3.59. The summed E-state index contributed by atoms with van der Waals surface area (Å²) in [6.07, 6.45) is 1.77. The van der Waals surface area contributed by atoms with Crippen LogP contribution in [0.15, 0.2) is 64.3 Å². The van der Waals surface area contributed by atoms with Crippen LogP contribution in [0.5, 0.6) is 0 Å². The van der Waals surface area contributed by atoms with Crippen molar-refractivity contribution in [2.75, 3.05) is 26.2 Å². The number of hydrogen-bond acceptors (Lipinski definition) is 7. The van der Waals surface area contributed by atoms with Crippen molar-refractivity contribution in [3.05, 3.63) is 71.1 Å². The molecule has 9 nitrogen and oxygen atoms in total. The fourth-order valence-corrected chi connectivity index (χ4v) is 6.84. The first-order valence-corrected chi connectivity index (χ1v) is 13.4. The van der Waals surface area contributed by atoms with Crippen LogP contribution in [0.1, 0.15) is 11.6 Å². The Kier molecular flexibility index (Phi) is 5.41. The van der Waals surface area contributed by atoms with Gasteiger partial charge in [0.05, 0.1) is 29.0 Å². The molecule has 1 N–H and O–H groups in total. The predicted octanol–water partition coefficient (Wildman–Crippen LogP) is 2.92. The monoisotopic (exact) mass is 493 g/mol. The number of aromatic nitrogens is 5. The Morgan fingerprint density at radius 3 is 2.56 bits per heavy atom. The molecule has 0 amide bonds. The fourth-order valence-electron chi connectivity index (χ4n) is 4.40. The first-order valence-electron chi connectivity index (χ1n) is 11.1. The summed E-state index contributed by atoms with van der Waals surface area (Å²) in [7, 11) is -3.42. The predicted molar refractivity (Wildman–Crippen MR) is 131 cm³/mol. The summed E-state index contributed by atoms with van der Waals surface area (Å²) in [4.78, 5) is 20.2. The topological polar surface area (TPSA) is 100 Å². The van der Waals surface area contributed by atoms with Gasteiger partial charge in [0.15, 0.2) is 5.65 Å². The van der Waals surface area contributed by atoms with Gasteiger partial charge in [0, 0.05) is 37.8 Å². The molecule has 1 aliphatic heterocycles. The minimum absolute atomic E-state index is 0.379. The zero-order chi connectivity index (χ0) is 23.1. The molecular weight excluding hydrogens is 470 g/mol. The number of pyridine rings is 1. The van der Waals surface area contributed by atoms with Crippen molar-refractivity contribution in [3.8, 4) is 0 Å². The third kappa shape index (κ3) is 3.90. The van der Waals surface area contributed by atoms with Crippen LogP contribution in [0.25, 0.3) is 22.2 Å². The Morgan fingerprint density at radius 1 is 0.941 bits per heavy atom. The Bertz CT molecular complexity index is 1520. The van der Waals surface area contributed by atoms with E-state index in [2.05, 4.69) is 19.4 Å². The molecule has 1 aromatic carbocycles. The van der Waals surface area contributed by atoms with E-state index in [1.807, 2.05) is 36.4 Å². The number of fused-ring (bicyclic) bond motifs is 2. The lowest BCUT2D eigenvalue weighted by Crippen LogP contribution is -2.48. The van der Waals surface area contributed by atoms with Crippen LogP contribution < -0.4 is 0 Å². The summed E-state index contributed by atoms with van der Waals surface area (Å²) in [5.74, 6) is 1.74. The van der Waals surface area contributed by atoms with Gasteiger partial charge in [0.1, 0.15) is 17.2 Å². The largest absolute Gasteiger partial charge is 0.340 e. The van der Waals surface area contributed by atoms with Gasteiger partial charge in [0.25, 0.3) is 0 Å². The van der Waals surface area contributed by atoms with Crippen molar-refractivity contribution >= 4 is 43.6 Å². The van der Waals surface area contributed by atoms with E-state index in [4.69, 9.17) is 9.97 Å². The summed E-state index contributed by atoms with van der Waals surface area (Å²) in [5, 5.41) is 3.48. The van der Waals surface area contributed by atoms with E-state index in [9.17, 15) is 8.42 Å². The number of rotatable bonds is 6. The summed E-state index contributed by atoms with van der Waals surface area (Å²) in [6, 6.07) is 13.5. The molecule has 0 radical (unpaired) electrons. The third-order valence-corrected chi connectivity index (χ3v) is 8.89. The molecule has 0 atom stereocenters. The Balaban J connectivity index is 1.23. The zero-order valence-corrected chi connectivity index (χ0v) is 20.0. The van der Waals surface area contributed by atoms with Crippen molar-refractivity contribution in [3.63, 3.8) is 0 Å². The molecule has 34 heavy (non-hydrogen) atoms. The smallest absolute Gasteiger partial charge is 0.243 e. The first-order chi connectivity index (χ1) is 16.6. The molecule has 5 aromatic rings. The van der Waals surface area contributed by atoms with E-state index < -0.39 is 10.0 Å². The van der Waals surface area contributed by atoms with Crippen molar-refractivity contribution < 1.29 is 8.42 Å². The molecule has 0 bridgehead atoms. The number of thiophene rings is 1. The highest BCUT2D eigenvalue weighted by molar-refractivity contribution is 7.89. The van der Waals surface area contributed by atoms with E-state index in [0.29, 0.717) is 44.2 Å². The minimum atomic E-state index is -3.42. The summed E-state index contributed by atoms with van der Waals surface area (Å²) in [6.45, 7) is 3.35. The Morgan fingerprint density at radius 2 is 1.76 bits per heavy atom. The maximum Gasteiger partial charge on any atom is 0.243 e. The number of sulfonamides is 1. The number of imidazole rings is 2. The van der Waals surface area contributed by atoms with Gasteiger partial charge < -0.3 is 9.55 Å². The van der Waals surface area contributed by atoms with Crippen LogP contribution in [0, 0.1) is 0 Å². The molecule has 1 aliphatic rings. The molecule has 5 heterocycles. The number of aromatic amines is 1. The van der Waals surface area contributed by atoms with Gasteiger partial charge in [0.2, 0.25) is 10.0 Å². The van der Waals surface area contributed by atoms with Gasteiger partial charge in [-0.25, -0.2) is 23.4 Å². The Hall–Kier alpha value is -3.12. The molecule has 1 saturated heterocycles. The zero-order valence-electron chi connectivity index (χ0n) is 18.3. The molecule has 0 unspecified atom stereocenters. The number of benzene rings is 1. The SMILES string of the molecule is O=S(=O)(c1ccsc1)N1CCN(Cc2nc3cccnc3n2Cc2nc3ccccc3[nH]2)CC1. The number of H-pyrrole nitrogens is 1. The fraction of sp³-hybridized carbons (Fsp3) is 0.261. The van der Waals surface area contributed by atoms with E-state index >= 15 is 0 Å². The van der Waals surface area contributed by atoms with E-state index in [-0.39, 0.29) is 0 Å². The lowest BCUT2D eigenvalue weighted by Gasteiger charge is -2.33. The normalized spacial score (nSPS) is 16.0. The van der Waals surface area contributed by atoms with Crippen molar-refractivity contribution in [2.24, 2.45) is 0 Å². The lowest BCUT2D eigenvalue weighted by atomic mass is 10.3. The summed E-state index contributed by atoms with van der Waals surface area (Å²) >= 11 is 1.40. The van der Waals surface area contributed by atoms with E-state index in [0.717, 1.165) is 33.8 Å². The number of piperazine rings is 1. The van der Waals surface area contributed by atoms with Gasteiger partial charge in [-0.15, -0.1) is 0 Å². The standard InChI is InChI=1S/C23H23N7O2S2/c31-34(32,17-7-13-33-16-17)29-11-9-28(10-12-29)15-22-27-20-6-3-8-24-23(20)30(22)14-21-25-18-4-1-2-5-19(18)26-21/h1-8,13,16H,9-12,14-15H2,(H,25,26). The average molecular weight is 494 g/mol. The van der Waals surface area contributed by atoms with Crippen LogP contribution in [-0.2, 0) is 23.1 Å². The average Bonchev–Trinajstić information content (AvgIpc) is 3.59. The van der Waals surface area contributed by atoms with Crippen LogP contribution in [0.3, 0.4) is 0 Å². The maximum atomic E-state index is 12.8. The maximum absolute atomic E-state index is 12.8. The van der Waals surface area contributed by atoms with Crippen LogP contribution >= 0.6 is 11.3 Å². The first kappa shape index (κ1) is 21.4. The number of nitrogens with zero attached hydrogens (tertiary/aromatic N) is 6. The van der Waals surface area contributed by atoms with Gasteiger partial charge in [-0.3, -0.25) is 4.90 Å². The highest BCUT2D eigenvalue weighted by Gasteiger charge is 2.29. The highest BCUT2D eigenvalue weighted by Crippen LogP contribution is 2.22. The van der Waals surface area contributed by atoms with Crippen LogP contribution in [0.2, 0.25) is 0 Å². The number of para-hydroxylation sites is 2. The second kappa shape index (κ2) is 8.58. The number of hydrogen-bond donors (Lipinski definition) is 1. The summed E-state index contributed by atoms with van der Waals surface area (Å²) < 4.78 is 29.4. The van der Waals surface area contributed by atoms with E-state index in [1.165, 1.54) is 11.3 Å². The van der Waals surface area contributed by atoms with Crippen molar-refractivity contribution in [2.45, 2.75) is 18.0 Å². The molecular formula is C23H23N7O2S2. The minimum Gasteiger partial charge on any atom is -0.340 e. The van der Waals surface area contributed by atoms with Crippen molar-refractivity contribution in [1.29, 1.82) is 0 Å². The molecule has 11 heteroatoms. The van der Waals surface area contributed by atoms with Gasteiger partial charge >= 0.3 is 0 Å². The molecule has 174 valence electrons. The Labute approximate surface area is 200 Å². The molecule has 1 fully saturated rings. The second-order valence-corrected chi connectivity index (χ2v) is 11.0. The molecule has 4 aromatic heterocycles. The molecule has 0 saturated carbocycles. The second-order valence-electron chi connectivity index (χ2n) is 8.30.